The van der Waals surface area contributed by atoms with Crippen molar-refractivity contribution in [1.29, 1.82) is 0 Å². The van der Waals surface area contributed by atoms with E-state index in [2.05, 4.69) is 90.1 Å². The Labute approximate surface area is 253 Å². The Kier molecular flexibility index (Phi) is 10.9. The first kappa shape index (κ1) is 32.0. The fourth-order valence-corrected chi connectivity index (χ4v) is 19.7. The van der Waals surface area contributed by atoms with Gasteiger partial charge in [0.1, 0.15) is 0 Å². The number of rotatable bonds is 14. The van der Waals surface area contributed by atoms with Crippen LogP contribution in [0.25, 0.3) is 11.1 Å². The van der Waals surface area contributed by atoms with Gasteiger partial charge in [-0.05, 0) is 0 Å². The molecule has 0 radical (unpaired) electrons. The van der Waals surface area contributed by atoms with Gasteiger partial charge in [-0.25, -0.2) is 0 Å². The van der Waals surface area contributed by atoms with Crippen molar-refractivity contribution < 1.29 is 12.7 Å². The Morgan fingerprint density at radius 1 is 0.575 bits per heavy atom. The second-order valence-corrected chi connectivity index (χ2v) is 27.1. The molecule has 0 nitrogen and oxygen atoms in total. The molecule has 0 aromatic heterocycles. The van der Waals surface area contributed by atoms with E-state index >= 15 is 0 Å². The zero-order valence-electron chi connectivity index (χ0n) is 26.0. The molecule has 0 spiro atoms. The zero-order chi connectivity index (χ0) is 28.9. The van der Waals surface area contributed by atoms with Gasteiger partial charge in [0.2, 0.25) is 0 Å². The maximum atomic E-state index is 8.60. The molecule has 0 aliphatic heterocycles. The molecule has 2 unspecified atom stereocenters. The van der Waals surface area contributed by atoms with Crippen molar-refractivity contribution in [2.45, 2.75) is 127 Å². The van der Waals surface area contributed by atoms with Crippen LogP contribution in [0.15, 0.2) is 59.7 Å². The van der Waals surface area contributed by atoms with E-state index in [0.717, 1.165) is 25.7 Å². The van der Waals surface area contributed by atoms with Crippen molar-refractivity contribution >= 4 is 33.6 Å². The fourth-order valence-electron chi connectivity index (χ4n) is 7.69. The standard InChI is InChI=1S/2C17H23.C3H6.2ClH.Ti/c2*1-3-5-9-14-13-15-10-7-8-12-17(15)16(14)11-6-4-2;1-3-2;;;/h2*7-8,10,12-13H,3-6,9,11H2,1-2H3;1-2H3;2*1H;/q;;;;;+2/p-2. The third kappa shape index (κ3) is 5.57. The molecular formula is C37H52Cl2Ti. The first-order valence-electron chi connectivity index (χ1n) is 16.3. The van der Waals surface area contributed by atoms with E-state index in [-0.39, 0.29) is 8.45 Å². The van der Waals surface area contributed by atoms with E-state index in [1.807, 2.05) is 0 Å². The van der Waals surface area contributed by atoms with Crippen LogP contribution in [0.4, 0.5) is 0 Å². The fraction of sp³-hybridized carbons (Fsp3) is 0.541. The van der Waals surface area contributed by atoms with Crippen LogP contribution in [0, 0.1) is 0 Å². The number of benzene rings is 2. The van der Waals surface area contributed by atoms with E-state index in [9.17, 15) is 0 Å². The molecule has 4 rings (SSSR count). The van der Waals surface area contributed by atoms with Crippen molar-refractivity contribution in [3.05, 3.63) is 81.9 Å². The molecule has 2 aliphatic carbocycles. The predicted molar refractivity (Wildman–Crippen MR) is 178 cm³/mol. The van der Waals surface area contributed by atoms with E-state index in [4.69, 9.17) is 18.6 Å². The van der Waals surface area contributed by atoms with E-state index < -0.39 is 12.7 Å². The van der Waals surface area contributed by atoms with Crippen molar-refractivity contribution in [2.75, 3.05) is 0 Å². The number of hydrogen-bond donors (Lipinski definition) is 0. The topological polar surface area (TPSA) is 0 Å². The van der Waals surface area contributed by atoms with Gasteiger partial charge in [0.25, 0.3) is 0 Å². The third-order valence-corrected chi connectivity index (χ3v) is 24.9. The van der Waals surface area contributed by atoms with E-state index in [1.54, 1.807) is 22.3 Å². The number of allylic oxidation sites excluding steroid dienone is 4. The second kappa shape index (κ2) is 13.6. The van der Waals surface area contributed by atoms with Gasteiger partial charge in [0.15, 0.2) is 0 Å². The molecule has 2 aromatic carbocycles. The average Bonchev–Trinajstić information content (AvgIpc) is 3.45. The summed E-state index contributed by atoms with van der Waals surface area (Å²) in [6.45, 7) is 13.8. The summed E-state index contributed by atoms with van der Waals surface area (Å²) in [5, 5.41) is 0. The first-order valence-corrected chi connectivity index (χ1v) is 23.1. The number of halogens is 2. The molecular weight excluding hydrogens is 563 g/mol. The van der Waals surface area contributed by atoms with Crippen LogP contribution in [0.2, 0.25) is 0 Å². The van der Waals surface area contributed by atoms with Gasteiger partial charge < -0.3 is 0 Å². The Balaban J connectivity index is 2.07. The molecule has 40 heavy (non-hydrogen) atoms. The Hall–Kier alpha value is -0.916. The van der Waals surface area contributed by atoms with Gasteiger partial charge >= 0.3 is 255 Å². The number of hydrogen-bond acceptors (Lipinski definition) is 0. The molecule has 3 heteroatoms. The molecule has 0 fully saturated rings. The SMILES string of the molecule is CCCCC1=C(CCCC)[CH]([Ti]([Cl])([Cl])(=[C](C)C)[CH]2C(CCCC)=C(CCCC)c3ccccc32)c2ccccc21. The number of unbranched alkanes of at least 4 members (excludes halogenated alkanes) is 4. The van der Waals surface area contributed by atoms with Gasteiger partial charge in [0.05, 0.1) is 0 Å². The molecule has 0 heterocycles. The molecule has 2 aromatic rings. The summed E-state index contributed by atoms with van der Waals surface area (Å²) in [6, 6.07) is 18.4. The van der Waals surface area contributed by atoms with E-state index in [0.29, 0.717) is 0 Å². The van der Waals surface area contributed by atoms with Crippen LogP contribution in [0.5, 0.6) is 0 Å². The van der Waals surface area contributed by atoms with Crippen LogP contribution in [-0.4, -0.2) is 3.81 Å². The van der Waals surface area contributed by atoms with Crippen LogP contribution in [0.3, 0.4) is 0 Å². The summed E-state index contributed by atoms with van der Waals surface area (Å²) in [4.78, 5) is 0. The first-order chi connectivity index (χ1) is 19.3. The third-order valence-electron chi connectivity index (χ3n) is 9.84. The summed E-state index contributed by atoms with van der Waals surface area (Å²) in [7, 11) is 17.2. The molecule has 218 valence electrons. The molecule has 2 aliphatic rings. The minimum atomic E-state index is -4.61. The Morgan fingerprint density at radius 2 is 0.925 bits per heavy atom. The predicted octanol–water partition coefficient (Wildman–Crippen LogP) is 13.0. The minimum absolute atomic E-state index is 0.125. The summed E-state index contributed by atoms with van der Waals surface area (Å²) in [6.07, 6.45) is 14.0. The van der Waals surface area contributed by atoms with Crippen molar-refractivity contribution in [1.82, 2.24) is 0 Å². The number of fused-ring (bicyclic) bond motifs is 2. The van der Waals surface area contributed by atoms with Crippen LogP contribution in [-0.2, 0) is 12.7 Å². The van der Waals surface area contributed by atoms with Gasteiger partial charge in [-0.2, -0.15) is 0 Å². The second-order valence-electron chi connectivity index (χ2n) is 12.6. The van der Waals surface area contributed by atoms with Crippen molar-refractivity contribution in [2.24, 2.45) is 0 Å². The maximum absolute atomic E-state index is 8.60. The van der Waals surface area contributed by atoms with E-state index in [1.165, 1.54) is 77.4 Å². The average molecular weight is 616 g/mol. The summed E-state index contributed by atoms with van der Waals surface area (Å²) in [5.74, 6) is 0. The molecule has 2 atom stereocenters. The van der Waals surface area contributed by atoms with Gasteiger partial charge in [-0.15, -0.1) is 0 Å². The summed E-state index contributed by atoms with van der Waals surface area (Å²) in [5.41, 5.74) is 12.0. The summed E-state index contributed by atoms with van der Waals surface area (Å²) >= 11 is -4.61. The molecule has 0 bridgehead atoms. The van der Waals surface area contributed by atoms with Gasteiger partial charge in [0, 0.05) is 0 Å². The Morgan fingerprint density at radius 3 is 1.27 bits per heavy atom. The van der Waals surface area contributed by atoms with Crippen LogP contribution < -0.4 is 0 Å². The molecule has 0 saturated carbocycles. The Bertz CT molecular complexity index is 1240. The molecule has 0 amide bonds. The monoisotopic (exact) mass is 614 g/mol. The van der Waals surface area contributed by atoms with Gasteiger partial charge in [-0.1, -0.05) is 0 Å². The van der Waals surface area contributed by atoms with Crippen molar-refractivity contribution in [3.63, 3.8) is 0 Å². The quantitative estimate of drug-likeness (QED) is 0.186. The molecule has 0 saturated heterocycles. The van der Waals surface area contributed by atoms with Crippen LogP contribution in [0.1, 0.15) is 149 Å². The van der Waals surface area contributed by atoms with Gasteiger partial charge in [-0.3, -0.25) is 0 Å². The normalized spacial score (nSPS) is 18.9. The molecule has 0 N–H and O–H groups in total. The summed E-state index contributed by atoms with van der Waals surface area (Å²) < 4.78 is 1.55. The zero-order valence-corrected chi connectivity index (χ0v) is 29.1. The van der Waals surface area contributed by atoms with Crippen molar-refractivity contribution in [3.8, 4) is 0 Å². The van der Waals surface area contributed by atoms with Crippen LogP contribution >= 0.6 is 18.6 Å².